The summed E-state index contributed by atoms with van der Waals surface area (Å²) >= 11 is 6.42. The zero-order valence-corrected chi connectivity index (χ0v) is 17.4. The molecule has 1 heterocycles. The third kappa shape index (κ3) is 5.58. The van der Waals surface area contributed by atoms with Crippen LogP contribution in [-0.2, 0) is 11.3 Å². The van der Waals surface area contributed by atoms with Gasteiger partial charge < -0.3 is 19.9 Å². The first-order valence-corrected chi connectivity index (χ1v) is 9.94. The Morgan fingerprint density at radius 2 is 1.93 bits per heavy atom. The number of benzene rings is 2. The average molecular weight is 416 g/mol. The number of hydrogen-bond donors (Lipinski definition) is 2. The second kappa shape index (κ2) is 10.4. The smallest absolute Gasteiger partial charge is 0.119 e. The van der Waals surface area contributed by atoms with Crippen LogP contribution in [0.4, 0.5) is 0 Å². The maximum Gasteiger partial charge on any atom is 0.119 e. The number of methoxy groups -OCH3 is 1. The van der Waals surface area contributed by atoms with Crippen LogP contribution in [0, 0.1) is 0 Å². The van der Waals surface area contributed by atoms with Crippen molar-refractivity contribution in [2.24, 2.45) is 0 Å². The summed E-state index contributed by atoms with van der Waals surface area (Å²) < 4.78 is 12.3. The molecule has 3 rings (SSSR count). The van der Waals surface area contributed by atoms with Crippen molar-refractivity contribution in [1.29, 1.82) is 0 Å². The van der Waals surface area contributed by atoms with Gasteiger partial charge in [-0.1, -0.05) is 29.8 Å². The molecule has 0 aliphatic rings. The molecule has 2 N–H and O–H groups in total. The molecule has 0 amide bonds. The number of nitrogens with zero attached hydrogens (tertiary/aromatic N) is 2. The van der Waals surface area contributed by atoms with Gasteiger partial charge in [0.05, 0.1) is 36.2 Å². The molecule has 0 spiro atoms. The van der Waals surface area contributed by atoms with Crippen LogP contribution in [0.1, 0.15) is 12.5 Å². The fourth-order valence-corrected chi connectivity index (χ4v) is 3.20. The first kappa shape index (κ1) is 21.3. The number of aliphatic hydroxyl groups is 1. The minimum Gasteiger partial charge on any atom is -0.497 e. The summed E-state index contributed by atoms with van der Waals surface area (Å²) in [5.41, 5.74) is 3.57. The Balaban J connectivity index is 1.84. The highest BCUT2D eigenvalue weighted by Crippen LogP contribution is 2.30. The summed E-state index contributed by atoms with van der Waals surface area (Å²) in [7, 11) is 1.64. The van der Waals surface area contributed by atoms with Crippen molar-refractivity contribution >= 4 is 11.6 Å². The fraction of sp³-hybridized carbons (Fsp3) is 0.318. The Morgan fingerprint density at radius 1 is 1.17 bits per heavy atom. The zero-order valence-electron chi connectivity index (χ0n) is 16.6. The number of rotatable bonds is 10. The molecular weight excluding hydrogens is 390 g/mol. The SMILES string of the molecule is CCOC[C@@H](O)CNCc1cn(-c2ccc(OC)cc2)nc1-c1ccccc1Cl. The Hall–Kier alpha value is -2.38. The lowest BCUT2D eigenvalue weighted by atomic mass is 10.1. The van der Waals surface area contributed by atoms with E-state index in [4.69, 9.17) is 26.2 Å². The standard InChI is InChI=1S/C22H26ClN3O3/c1-3-29-15-18(27)13-24-12-16-14-26(17-8-10-19(28-2)11-9-17)25-22(16)20-6-4-5-7-21(20)23/h4-11,14,18,24,27H,3,12-13,15H2,1-2H3/t18-/m0/s1. The first-order valence-electron chi connectivity index (χ1n) is 9.56. The molecule has 7 heteroatoms. The molecule has 0 fully saturated rings. The molecule has 0 aliphatic heterocycles. The molecule has 6 nitrogen and oxygen atoms in total. The summed E-state index contributed by atoms with van der Waals surface area (Å²) in [4.78, 5) is 0. The van der Waals surface area contributed by atoms with Gasteiger partial charge in [0.15, 0.2) is 0 Å². The minimum absolute atomic E-state index is 0.311. The van der Waals surface area contributed by atoms with Crippen LogP contribution in [0.5, 0.6) is 5.75 Å². The highest BCUT2D eigenvalue weighted by molar-refractivity contribution is 6.33. The average Bonchev–Trinajstić information content (AvgIpc) is 3.16. The summed E-state index contributed by atoms with van der Waals surface area (Å²) in [5.74, 6) is 0.789. The molecule has 29 heavy (non-hydrogen) atoms. The summed E-state index contributed by atoms with van der Waals surface area (Å²) in [6.45, 7) is 3.77. The van der Waals surface area contributed by atoms with E-state index < -0.39 is 6.10 Å². The normalized spacial score (nSPS) is 12.1. The molecule has 0 bridgehead atoms. The third-order valence-electron chi connectivity index (χ3n) is 4.47. The third-order valence-corrected chi connectivity index (χ3v) is 4.80. The lowest BCUT2D eigenvalue weighted by Crippen LogP contribution is -2.30. The molecular formula is C22H26ClN3O3. The second-order valence-corrected chi connectivity index (χ2v) is 6.98. The number of hydrogen-bond acceptors (Lipinski definition) is 5. The highest BCUT2D eigenvalue weighted by Gasteiger charge is 2.15. The van der Waals surface area contributed by atoms with Gasteiger partial charge in [0.25, 0.3) is 0 Å². The zero-order chi connectivity index (χ0) is 20.6. The van der Waals surface area contributed by atoms with Crippen molar-refractivity contribution in [1.82, 2.24) is 15.1 Å². The lowest BCUT2D eigenvalue weighted by Gasteiger charge is -2.11. The van der Waals surface area contributed by atoms with E-state index in [1.165, 1.54) is 0 Å². The molecule has 0 aliphatic carbocycles. The maximum absolute atomic E-state index is 9.98. The predicted molar refractivity (Wildman–Crippen MR) is 115 cm³/mol. The van der Waals surface area contributed by atoms with Crippen LogP contribution >= 0.6 is 11.6 Å². The molecule has 1 aromatic heterocycles. The number of halogens is 1. The van der Waals surface area contributed by atoms with E-state index in [0.717, 1.165) is 28.3 Å². The van der Waals surface area contributed by atoms with Crippen LogP contribution in [0.2, 0.25) is 5.02 Å². The Morgan fingerprint density at radius 3 is 2.62 bits per heavy atom. The van der Waals surface area contributed by atoms with Crippen LogP contribution < -0.4 is 10.1 Å². The minimum atomic E-state index is -0.560. The summed E-state index contributed by atoms with van der Waals surface area (Å²) in [6, 6.07) is 15.3. The quantitative estimate of drug-likeness (QED) is 0.528. The van der Waals surface area contributed by atoms with Crippen molar-refractivity contribution in [2.75, 3.05) is 26.9 Å². The van der Waals surface area contributed by atoms with Crippen LogP contribution in [0.15, 0.2) is 54.7 Å². The van der Waals surface area contributed by atoms with Gasteiger partial charge >= 0.3 is 0 Å². The van der Waals surface area contributed by atoms with Gasteiger partial charge in [-0.25, -0.2) is 4.68 Å². The van der Waals surface area contributed by atoms with Crippen molar-refractivity contribution in [3.63, 3.8) is 0 Å². The maximum atomic E-state index is 9.98. The first-order chi connectivity index (χ1) is 14.1. The number of aliphatic hydroxyl groups excluding tert-OH is 1. The van der Waals surface area contributed by atoms with E-state index in [0.29, 0.717) is 31.3 Å². The molecule has 1 atom stereocenters. The van der Waals surface area contributed by atoms with Gasteiger partial charge in [0.1, 0.15) is 5.75 Å². The number of ether oxygens (including phenoxy) is 2. The Kier molecular flexibility index (Phi) is 7.66. The van der Waals surface area contributed by atoms with Crippen molar-refractivity contribution < 1.29 is 14.6 Å². The van der Waals surface area contributed by atoms with E-state index in [1.54, 1.807) is 7.11 Å². The van der Waals surface area contributed by atoms with E-state index in [9.17, 15) is 5.11 Å². The van der Waals surface area contributed by atoms with E-state index in [-0.39, 0.29) is 0 Å². The molecule has 3 aromatic rings. The number of aromatic nitrogens is 2. The van der Waals surface area contributed by atoms with Gasteiger partial charge in [0.2, 0.25) is 0 Å². The van der Waals surface area contributed by atoms with Gasteiger partial charge in [-0.3, -0.25) is 0 Å². The van der Waals surface area contributed by atoms with Crippen molar-refractivity contribution in [3.8, 4) is 22.7 Å². The lowest BCUT2D eigenvalue weighted by molar-refractivity contribution is 0.0427. The fourth-order valence-electron chi connectivity index (χ4n) is 2.97. The van der Waals surface area contributed by atoms with Crippen molar-refractivity contribution in [3.05, 3.63) is 65.3 Å². The van der Waals surface area contributed by atoms with E-state index in [1.807, 2.05) is 66.3 Å². The molecule has 0 saturated heterocycles. The Bertz CT molecular complexity index is 912. The predicted octanol–water partition coefficient (Wildman–Crippen LogP) is 3.69. The van der Waals surface area contributed by atoms with Gasteiger partial charge in [-0.05, 0) is 37.3 Å². The Labute approximate surface area is 176 Å². The van der Waals surface area contributed by atoms with Gasteiger partial charge in [0, 0.05) is 37.0 Å². The topological polar surface area (TPSA) is 68.5 Å². The summed E-state index contributed by atoms with van der Waals surface area (Å²) in [6.07, 6.45) is 1.41. The van der Waals surface area contributed by atoms with Crippen molar-refractivity contribution in [2.45, 2.75) is 19.6 Å². The number of nitrogens with one attached hydrogen (secondary N) is 1. The molecule has 0 radical (unpaired) electrons. The highest BCUT2D eigenvalue weighted by atomic mass is 35.5. The largest absolute Gasteiger partial charge is 0.497 e. The summed E-state index contributed by atoms with van der Waals surface area (Å²) in [5, 5.41) is 18.7. The molecule has 2 aromatic carbocycles. The van der Waals surface area contributed by atoms with Gasteiger partial charge in [-0.15, -0.1) is 0 Å². The monoisotopic (exact) mass is 415 g/mol. The van der Waals surface area contributed by atoms with Crippen LogP contribution in [0.3, 0.4) is 0 Å². The van der Waals surface area contributed by atoms with Crippen LogP contribution in [-0.4, -0.2) is 47.9 Å². The van der Waals surface area contributed by atoms with E-state index in [2.05, 4.69) is 5.32 Å². The van der Waals surface area contributed by atoms with E-state index >= 15 is 0 Å². The van der Waals surface area contributed by atoms with Gasteiger partial charge in [-0.2, -0.15) is 5.10 Å². The molecule has 0 saturated carbocycles. The molecule has 0 unspecified atom stereocenters. The second-order valence-electron chi connectivity index (χ2n) is 6.57. The van der Waals surface area contributed by atoms with Crippen LogP contribution in [0.25, 0.3) is 16.9 Å². The molecule has 154 valence electrons.